The number of nitrogens with one attached hydrogen (secondary N) is 1. The summed E-state index contributed by atoms with van der Waals surface area (Å²) < 4.78 is 43.0. The number of nitro groups is 1. The van der Waals surface area contributed by atoms with Crippen molar-refractivity contribution in [3.8, 4) is 0 Å². The standard InChI is InChI=1S/C16H18F3N3O5/c1-10(15(24)21-6-2-3-7-21)27-14(23)9-20-12-5-4-11(16(17,18)19)8-13(12)22(25)26/h4-5,8,10,20H,2-3,6-7,9H2,1H3/t10-/m1/s1. The molecule has 1 saturated heterocycles. The van der Waals surface area contributed by atoms with Gasteiger partial charge in [0.15, 0.2) is 6.10 Å². The highest BCUT2D eigenvalue weighted by atomic mass is 19.4. The minimum atomic E-state index is -4.73. The number of amides is 1. The molecule has 1 aliphatic rings. The number of benzene rings is 1. The van der Waals surface area contributed by atoms with E-state index in [4.69, 9.17) is 4.74 Å². The molecule has 0 unspecified atom stereocenters. The number of hydrogen-bond donors (Lipinski definition) is 1. The number of rotatable bonds is 6. The van der Waals surface area contributed by atoms with Crippen molar-refractivity contribution in [3.63, 3.8) is 0 Å². The van der Waals surface area contributed by atoms with E-state index in [0.717, 1.165) is 18.9 Å². The van der Waals surface area contributed by atoms with Crippen LogP contribution in [0, 0.1) is 10.1 Å². The number of ether oxygens (including phenoxy) is 1. The lowest BCUT2D eigenvalue weighted by Gasteiger charge is -2.20. The van der Waals surface area contributed by atoms with Crippen molar-refractivity contribution in [2.75, 3.05) is 25.0 Å². The van der Waals surface area contributed by atoms with Crippen LogP contribution in [0.25, 0.3) is 0 Å². The van der Waals surface area contributed by atoms with E-state index in [1.807, 2.05) is 0 Å². The number of esters is 1. The van der Waals surface area contributed by atoms with Crippen LogP contribution in [0.5, 0.6) is 0 Å². The zero-order chi connectivity index (χ0) is 20.2. The van der Waals surface area contributed by atoms with Crippen molar-refractivity contribution in [3.05, 3.63) is 33.9 Å². The molecule has 0 radical (unpaired) electrons. The van der Waals surface area contributed by atoms with E-state index in [0.29, 0.717) is 25.2 Å². The van der Waals surface area contributed by atoms with Crippen molar-refractivity contribution in [1.29, 1.82) is 0 Å². The summed E-state index contributed by atoms with van der Waals surface area (Å²) in [7, 11) is 0. The van der Waals surface area contributed by atoms with Gasteiger partial charge in [-0.1, -0.05) is 0 Å². The Kier molecular flexibility index (Phi) is 6.24. The molecule has 27 heavy (non-hydrogen) atoms. The third-order valence-corrected chi connectivity index (χ3v) is 4.02. The van der Waals surface area contributed by atoms with E-state index in [1.54, 1.807) is 4.90 Å². The summed E-state index contributed by atoms with van der Waals surface area (Å²) in [5.41, 5.74) is -2.26. The molecule has 1 aliphatic heterocycles. The SMILES string of the molecule is C[C@@H](OC(=O)CNc1ccc(C(F)(F)F)cc1[N+](=O)[O-])C(=O)N1CCCC1. The number of nitrogens with zero attached hydrogens (tertiary/aromatic N) is 2. The molecule has 0 spiro atoms. The Morgan fingerprint density at radius 1 is 1.33 bits per heavy atom. The van der Waals surface area contributed by atoms with Crippen LogP contribution >= 0.6 is 0 Å². The first-order chi connectivity index (χ1) is 12.6. The lowest BCUT2D eigenvalue weighted by molar-refractivity contribution is -0.384. The number of likely N-dealkylation sites (tertiary alicyclic amines) is 1. The molecule has 0 bridgehead atoms. The second kappa shape index (κ2) is 8.23. The predicted octanol–water partition coefficient (Wildman–Crippen LogP) is 2.58. The van der Waals surface area contributed by atoms with Gasteiger partial charge in [0.25, 0.3) is 11.6 Å². The fraction of sp³-hybridized carbons (Fsp3) is 0.500. The maximum absolute atomic E-state index is 12.7. The summed E-state index contributed by atoms with van der Waals surface area (Å²) in [6.45, 7) is 2.07. The molecular weight excluding hydrogens is 371 g/mol. The first-order valence-corrected chi connectivity index (χ1v) is 8.17. The average Bonchev–Trinajstić information content (AvgIpc) is 3.12. The molecule has 1 N–H and O–H groups in total. The minimum absolute atomic E-state index is 0.261. The molecule has 1 amide bonds. The number of halogens is 3. The maximum Gasteiger partial charge on any atom is 0.416 e. The molecule has 8 nitrogen and oxygen atoms in total. The smallest absolute Gasteiger partial charge is 0.416 e. The third-order valence-electron chi connectivity index (χ3n) is 4.02. The highest BCUT2D eigenvalue weighted by molar-refractivity contribution is 5.85. The van der Waals surface area contributed by atoms with Crippen LogP contribution in [0.3, 0.4) is 0 Å². The molecule has 148 valence electrons. The first kappa shape index (κ1) is 20.5. The van der Waals surface area contributed by atoms with E-state index in [2.05, 4.69) is 5.32 Å². The molecular formula is C16H18F3N3O5. The molecule has 1 atom stereocenters. The van der Waals surface area contributed by atoms with Crippen LogP contribution in [-0.2, 0) is 20.5 Å². The average molecular weight is 389 g/mol. The summed E-state index contributed by atoms with van der Waals surface area (Å²) in [5.74, 6) is -1.19. The number of alkyl halides is 3. The van der Waals surface area contributed by atoms with Gasteiger partial charge in [-0.25, -0.2) is 0 Å². The second-order valence-electron chi connectivity index (χ2n) is 6.00. The van der Waals surface area contributed by atoms with Gasteiger partial charge in [-0.05, 0) is 31.9 Å². The van der Waals surface area contributed by atoms with Crippen molar-refractivity contribution in [1.82, 2.24) is 4.90 Å². The first-order valence-electron chi connectivity index (χ1n) is 8.17. The highest BCUT2D eigenvalue weighted by Crippen LogP contribution is 2.34. The number of carbonyl (C=O) groups is 2. The molecule has 1 fully saturated rings. The molecule has 2 rings (SSSR count). The Morgan fingerprint density at radius 3 is 2.52 bits per heavy atom. The summed E-state index contributed by atoms with van der Waals surface area (Å²) in [5, 5.41) is 13.4. The maximum atomic E-state index is 12.7. The van der Waals surface area contributed by atoms with Crippen molar-refractivity contribution in [2.24, 2.45) is 0 Å². The Hall–Kier alpha value is -2.85. The van der Waals surface area contributed by atoms with Crippen molar-refractivity contribution < 1.29 is 32.4 Å². The predicted molar refractivity (Wildman–Crippen MR) is 88.0 cm³/mol. The van der Waals surface area contributed by atoms with Crippen LogP contribution in [0.2, 0.25) is 0 Å². The van der Waals surface area contributed by atoms with E-state index >= 15 is 0 Å². The highest BCUT2D eigenvalue weighted by Gasteiger charge is 2.33. The fourth-order valence-corrected chi connectivity index (χ4v) is 2.66. The molecule has 0 saturated carbocycles. The van der Waals surface area contributed by atoms with Gasteiger partial charge in [0, 0.05) is 19.2 Å². The zero-order valence-electron chi connectivity index (χ0n) is 14.4. The summed E-state index contributed by atoms with van der Waals surface area (Å²) in [4.78, 5) is 35.5. The summed E-state index contributed by atoms with van der Waals surface area (Å²) >= 11 is 0. The van der Waals surface area contributed by atoms with Crippen LogP contribution in [0.15, 0.2) is 18.2 Å². The number of anilines is 1. The Morgan fingerprint density at radius 2 is 1.96 bits per heavy atom. The van der Waals surface area contributed by atoms with Gasteiger partial charge >= 0.3 is 12.1 Å². The quantitative estimate of drug-likeness (QED) is 0.456. The van der Waals surface area contributed by atoms with Gasteiger partial charge in [-0.15, -0.1) is 0 Å². The normalized spacial score (nSPS) is 15.3. The van der Waals surface area contributed by atoms with Gasteiger partial charge in [-0.2, -0.15) is 13.2 Å². The molecule has 1 aromatic rings. The summed E-state index contributed by atoms with van der Waals surface area (Å²) in [6.07, 6.45) is -3.98. The Balaban J connectivity index is 1.97. The Labute approximate surface area is 152 Å². The lowest BCUT2D eigenvalue weighted by Crippen LogP contribution is -2.38. The monoisotopic (exact) mass is 389 g/mol. The van der Waals surface area contributed by atoms with E-state index in [9.17, 15) is 32.9 Å². The molecule has 1 heterocycles. The van der Waals surface area contributed by atoms with E-state index < -0.39 is 41.0 Å². The third kappa shape index (κ3) is 5.31. The number of nitro benzene ring substituents is 1. The Bertz CT molecular complexity index is 733. The molecule has 0 aromatic heterocycles. The van der Waals surface area contributed by atoms with Gasteiger partial charge in [0.1, 0.15) is 12.2 Å². The van der Waals surface area contributed by atoms with Crippen LogP contribution in [0.1, 0.15) is 25.3 Å². The summed E-state index contributed by atoms with van der Waals surface area (Å²) in [6, 6.07) is 1.92. The van der Waals surface area contributed by atoms with Crippen LogP contribution < -0.4 is 5.32 Å². The van der Waals surface area contributed by atoms with Crippen molar-refractivity contribution in [2.45, 2.75) is 32.0 Å². The van der Waals surface area contributed by atoms with Gasteiger partial charge in [0.05, 0.1) is 10.5 Å². The lowest BCUT2D eigenvalue weighted by atomic mass is 10.1. The molecule has 0 aliphatic carbocycles. The number of hydrogen-bond acceptors (Lipinski definition) is 6. The zero-order valence-corrected chi connectivity index (χ0v) is 14.4. The second-order valence-corrected chi connectivity index (χ2v) is 6.00. The van der Waals surface area contributed by atoms with Crippen molar-refractivity contribution >= 4 is 23.3 Å². The fourth-order valence-electron chi connectivity index (χ4n) is 2.66. The molecule has 11 heteroatoms. The largest absolute Gasteiger partial charge is 0.451 e. The van der Waals surface area contributed by atoms with Crippen LogP contribution in [0.4, 0.5) is 24.5 Å². The van der Waals surface area contributed by atoms with Gasteiger partial charge < -0.3 is 15.0 Å². The molecule has 1 aromatic carbocycles. The van der Waals surface area contributed by atoms with Gasteiger partial charge in [0.2, 0.25) is 0 Å². The van der Waals surface area contributed by atoms with Crippen LogP contribution in [-0.4, -0.2) is 47.4 Å². The van der Waals surface area contributed by atoms with E-state index in [-0.39, 0.29) is 11.6 Å². The minimum Gasteiger partial charge on any atom is -0.451 e. The number of carbonyl (C=O) groups excluding carboxylic acids is 2. The van der Waals surface area contributed by atoms with E-state index in [1.165, 1.54) is 6.92 Å². The topological polar surface area (TPSA) is 102 Å². The van der Waals surface area contributed by atoms with Gasteiger partial charge in [-0.3, -0.25) is 19.7 Å².